The number of ketones is 1. The van der Waals surface area contributed by atoms with E-state index >= 15 is 0 Å². The van der Waals surface area contributed by atoms with E-state index in [4.69, 9.17) is 10.5 Å². The number of aliphatic hydroxyl groups is 1. The number of carbonyl (C=O) groups is 1. The number of allylic oxidation sites excluding steroid dienone is 2. The summed E-state index contributed by atoms with van der Waals surface area (Å²) < 4.78 is 0. The van der Waals surface area contributed by atoms with E-state index in [2.05, 4.69) is 0 Å². The van der Waals surface area contributed by atoms with Gasteiger partial charge in [-0.2, -0.15) is 0 Å². The molecular formula is C7H7NO2. The molecule has 3 heteroatoms. The molecular weight excluding hydrogens is 130 g/mol. The van der Waals surface area contributed by atoms with Crippen molar-refractivity contribution in [1.29, 1.82) is 5.41 Å². The normalized spacial score (nSPS) is 17.5. The molecule has 0 saturated carbocycles. The van der Waals surface area contributed by atoms with Crippen LogP contribution in [0.3, 0.4) is 0 Å². The van der Waals surface area contributed by atoms with Crippen molar-refractivity contribution in [1.82, 2.24) is 0 Å². The molecule has 10 heavy (non-hydrogen) atoms. The Morgan fingerprint density at radius 3 is 2.70 bits per heavy atom. The van der Waals surface area contributed by atoms with Gasteiger partial charge in [0.1, 0.15) is 5.71 Å². The monoisotopic (exact) mass is 137 g/mol. The van der Waals surface area contributed by atoms with Gasteiger partial charge in [0.15, 0.2) is 0 Å². The number of nitrogens with one attached hydrogen (secondary N) is 1. The summed E-state index contributed by atoms with van der Waals surface area (Å²) >= 11 is 0. The summed E-state index contributed by atoms with van der Waals surface area (Å²) in [6, 6.07) is 0. The van der Waals surface area contributed by atoms with E-state index in [1.54, 1.807) is 0 Å². The molecule has 2 N–H and O–H groups in total. The van der Waals surface area contributed by atoms with Crippen LogP contribution in [0.15, 0.2) is 23.8 Å². The van der Waals surface area contributed by atoms with Crippen LogP contribution in [-0.2, 0) is 4.79 Å². The Hall–Kier alpha value is -1.22. The maximum Gasteiger partial charge on any atom is 0.203 e. The predicted molar refractivity (Wildman–Crippen MR) is 37.0 cm³/mol. The summed E-state index contributed by atoms with van der Waals surface area (Å²) in [5.41, 5.74) is 0.538. The van der Waals surface area contributed by atoms with Crippen molar-refractivity contribution in [3.8, 4) is 0 Å². The fourth-order valence-corrected chi connectivity index (χ4v) is 0.675. The second kappa shape index (κ2) is 2.58. The van der Waals surface area contributed by atoms with Gasteiger partial charge in [0, 0.05) is 0 Å². The van der Waals surface area contributed by atoms with E-state index in [0.717, 1.165) is 0 Å². The van der Waals surface area contributed by atoms with E-state index < -0.39 is 0 Å². The molecule has 0 heterocycles. The first-order valence-electron chi connectivity index (χ1n) is 2.86. The van der Waals surface area contributed by atoms with E-state index in [-0.39, 0.29) is 18.1 Å². The van der Waals surface area contributed by atoms with Crippen LogP contribution in [0.5, 0.6) is 0 Å². The third kappa shape index (κ3) is 1.19. The van der Waals surface area contributed by atoms with Crippen LogP contribution in [0.2, 0.25) is 0 Å². The summed E-state index contributed by atoms with van der Waals surface area (Å²) in [4.78, 5) is 10.6. The smallest absolute Gasteiger partial charge is 0.203 e. The minimum Gasteiger partial charge on any atom is -0.392 e. The second-order valence-electron chi connectivity index (χ2n) is 1.99. The largest absolute Gasteiger partial charge is 0.392 e. The molecule has 0 aromatic carbocycles. The van der Waals surface area contributed by atoms with E-state index in [9.17, 15) is 4.79 Å². The molecule has 0 unspecified atom stereocenters. The molecule has 1 aliphatic rings. The quantitative estimate of drug-likeness (QED) is 0.502. The fraction of sp³-hybridized carbons (Fsp3) is 0.143. The highest BCUT2D eigenvalue weighted by Crippen LogP contribution is 2.02. The SMILES string of the molecule is N=C1C=C(CO)C=CC1=O. The van der Waals surface area contributed by atoms with Crippen LogP contribution >= 0.6 is 0 Å². The topological polar surface area (TPSA) is 61.1 Å². The summed E-state index contributed by atoms with van der Waals surface area (Å²) in [6.07, 6.45) is 4.16. The molecule has 0 bridgehead atoms. The molecule has 0 atom stereocenters. The molecule has 52 valence electrons. The van der Waals surface area contributed by atoms with Gasteiger partial charge in [-0.1, -0.05) is 6.08 Å². The highest BCUT2D eigenvalue weighted by molar-refractivity contribution is 6.47. The third-order valence-corrected chi connectivity index (χ3v) is 1.23. The van der Waals surface area contributed by atoms with Crippen molar-refractivity contribution in [3.05, 3.63) is 23.8 Å². The maximum absolute atomic E-state index is 10.6. The lowest BCUT2D eigenvalue weighted by molar-refractivity contribution is -0.108. The average molecular weight is 137 g/mol. The third-order valence-electron chi connectivity index (χ3n) is 1.23. The lowest BCUT2D eigenvalue weighted by Crippen LogP contribution is -2.11. The summed E-state index contributed by atoms with van der Waals surface area (Å²) in [7, 11) is 0. The molecule has 1 rings (SSSR count). The zero-order chi connectivity index (χ0) is 7.56. The molecule has 0 spiro atoms. The van der Waals surface area contributed by atoms with Gasteiger partial charge in [-0.25, -0.2) is 0 Å². The van der Waals surface area contributed by atoms with E-state index in [1.807, 2.05) is 0 Å². The molecule has 0 aromatic rings. The minimum absolute atomic E-state index is 0.0634. The molecule has 1 aliphatic carbocycles. The molecule has 0 aliphatic heterocycles. The molecule has 0 amide bonds. The van der Waals surface area contributed by atoms with Crippen LogP contribution in [0.1, 0.15) is 0 Å². The summed E-state index contributed by atoms with van der Waals surface area (Å²) in [5, 5.41) is 15.6. The molecule has 3 nitrogen and oxygen atoms in total. The van der Waals surface area contributed by atoms with Gasteiger partial charge in [0.25, 0.3) is 0 Å². The van der Waals surface area contributed by atoms with Crippen LogP contribution in [0, 0.1) is 5.41 Å². The molecule has 0 aromatic heterocycles. The van der Waals surface area contributed by atoms with E-state index in [1.165, 1.54) is 18.2 Å². The van der Waals surface area contributed by atoms with Gasteiger partial charge in [0.2, 0.25) is 5.78 Å². The fourth-order valence-electron chi connectivity index (χ4n) is 0.675. The number of rotatable bonds is 1. The van der Waals surface area contributed by atoms with Crippen molar-refractivity contribution in [2.75, 3.05) is 6.61 Å². The Labute approximate surface area is 58.2 Å². The van der Waals surface area contributed by atoms with Gasteiger partial charge >= 0.3 is 0 Å². The zero-order valence-electron chi connectivity index (χ0n) is 5.29. The Balaban J connectivity index is 2.86. The first-order chi connectivity index (χ1) is 4.74. The highest BCUT2D eigenvalue weighted by atomic mass is 16.3. The molecule has 0 fully saturated rings. The Kier molecular flexibility index (Phi) is 1.78. The second-order valence-corrected chi connectivity index (χ2v) is 1.99. The average Bonchev–Trinajstić information content (AvgIpc) is 1.95. The Bertz CT molecular complexity index is 238. The summed E-state index contributed by atoms with van der Waals surface area (Å²) in [6.45, 7) is -0.119. The molecule has 0 saturated heterocycles. The van der Waals surface area contributed by atoms with Crippen molar-refractivity contribution >= 4 is 11.5 Å². The lowest BCUT2D eigenvalue weighted by atomic mass is 10.1. The molecule has 0 radical (unpaired) electrons. The number of aliphatic hydroxyl groups excluding tert-OH is 1. The van der Waals surface area contributed by atoms with Crippen molar-refractivity contribution < 1.29 is 9.90 Å². The van der Waals surface area contributed by atoms with Crippen LogP contribution < -0.4 is 0 Å². The number of hydrogen-bond acceptors (Lipinski definition) is 3. The van der Waals surface area contributed by atoms with Crippen molar-refractivity contribution in [3.63, 3.8) is 0 Å². The first kappa shape index (κ1) is 6.89. The number of carbonyl (C=O) groups excluding carboxylic acids is 1. The summed E-state index contributed by atoms with van der Waals surface area (Å²) in [5.74, 6) is -0.308. The maximum atomic E-state index is 10.6. The first-order valence-corrected chi connectivity index (χ1v) is 2.86. The number of hydrogen-bond donors (Lipinski definition) is 2. The Morgan fingerprint density at radius 2 is 2.20 bits per heavy atom. The van der Waals surface area contributed by atoms with Crippen LogP contribution in [0.25, 0.3) is 0 Å². The highest BCUT2D eigenvalue weighted by Gasteiger charge is 2.07. The van der Waals surface area contributed by atoms with Crippen LogP contribution in [0.4, 0.5) is 0 Å². The van der Waals surface area contributed by atoms with Gasteiger partial charge in [-0.3, -0.25) is 10.2 Å². The zero-order valence-corrected chi connectivity index (χ0v) is 5.29. The predicted octanol–water partition coefficient (Wildman–Crippen LogP) is 0.0638. The van der Waals surface area contributed by atoms with Gasteiger partial charge < -0.3 is 5.11 Å². The van der Waals surface area contributed by atoms with Crippen molar-refractivity contribution in [2.45, 2.75) is 0 Å². The lowest BCUT2D eigenvalue weighted by Gasteiger charge is -2.01. The van der Waals surface area contributed by atoms with Crippen molar-refractivity contribution in [2.24, 2.45) is 0 Å². The van der Waals surface area contributed by atoms with E-state index in [0.29, 0.717) is 5.57 Å². The van der Waals surface area contributed by atoms with Gasteiger partial charge in [-0.05, 0) is 17.7 Å². The standard InChI is InChI=1S/C7H7NO2/c8-6-3-5(4-9)1-2-7(6)10/h1-3,8-9H,4H2. The van der Waals surface area contributed by atoms with Crippen LogP contribution in [-0.4, -0.2) is 23.2 Å². The Morgan fingerprint density at radius 1 is 1.50 bits per heavy atom. The van der Waals surface area contributed by atoms with Gasteiger partial charge in [0.05, 0.1) is 6.61 Å². The van der Waals surface area contributed by atoms with Gasteiger partial charge in [-0.15, -0.1) is 0 Å². The minimum atomic E-state index is -0.308.